The topological polar surface area (TPSA) is 59.9 Å². The second kappa shape index (κ2) is 7.83. The van der Waals surface area contributed by atoms with Gasteiger partial charge in [0.1, 0.15) is 6.10 Å². The molecule has 0 bridgehead atoms. The molecule has 0 aromatic heterocycles. The molecule has 134 valence electrons. The summed E-state index contributed by atoms with van der Waals surface area (Å²) >= 11 is 0. The third-order valence-corrected chi connectivity index (χ3v) is 5.07. The molecule has 5 nitrogen and oxygen atoms in total. The van der Waals surface area contributed by atoms with E-state index in [2.05, 4.69) is 48.2 Å². The van der Waals surface area contributed by atoms with Crippen molar-refractivity contribution in [3.05, 3.63) is 48.0 Å². The summed E-state index contributed by atoms with van der Waals surface area (Å²) in [5, 5.41) is 7.23. The summed E-state index contributed by atoms with van der Waals surface area (Å²) in [5.74, 6) is 0.0723. The van der Waals surface area contributed by atoms with Crippen LogP contribution in [0.1, 0.15) is 36.8 Å². The lowest BCUT2D eigenvalue weighted by atomic mass is 9.74. The van der Waals surface area contributed by atoms with Crippen molar-refractivity contribution >= 4 is 11.6 Å². The van der Waals surface area contributed by atoms with Crippen LogP contribution < -0.4 is 5.32 Å². The molecule has 0 unspecified atom stereocenters. The van der Waals surface area contributed by atoms with Crippen molar-refractivity contribution in [3.8, 4) is 0 Å². The minimum Gasteiger partial charge on any atom is -0.392 e. The average molecular weight is 342 g/mol. The summed E-state index contributed by atoms with van der Waals surface area (Å²) < 4.78 is 5.48. The van der Waals surface area contributed by atoms with Crippen molar-refractivity contribution < 1.29 is 14.4 Å². The first-order chi connectivity index (χ1) is 12.1. The van der Waals surface area contributed by atoms with Gasteiger partial charge in [-0.1, -0.05) is 41.1 Å². The Morgan fingerprint density at radius 2 is 2.08 bits per heavy atom. The van der Waals surface area contributed by atoms with Crippen LogP contribution in [0.15, 0.2) is 42.1 Å². The SMILES string of the molecule is C=CCNC(=O)C1(C[C@@H]2CC(c3ccc(C)cc3)=NO2)CCOCC1. The van der Waals surface area contributed by atoms with Crippen molar-refractivity contribution in [2.75, 3.05) is 19.8 Å². The van der Waals surface area contributed by atoms with Crippen LogP contribution >= 0.6 is 0 Å². The fraction of sp³-hybridized carbons (Fsp3) is 0.500. The number of amides is 1. The van der Waals surface area contributed by atoms with Crippen LogP contribution in [0.4, 0.5) is 0 Å². The first-order valence-corrected chi connectivity index (χ1v) is 8.90. The molecule has 1 atom stereocenters. The molecule has 3 rings (SSSR count). The Kier molecular flexibility index (Phi) is 5.53. The molecule has 0 aliphatic carbocycles. The van der Waals surface area contributed by atoms with E-state index in [0.717, 1.165) is 30.5 Å². The number of nitrogens with one attached hydrogen (secondary N) is 1. The van der Waals surface area contributed by atoms with E-state index in [0.29, 0.717) is 26.2 Å². The Labute approximate surface area is 149 Å². The van der Waals surface area contributed by atoms with Gasteiger partial charge in [-0.25, -0.2) is 0 Å². The molecule has 1 aromatic carbocycles. The van der Waals surface area contributed by atoms with Crippen molar-refractivity contribution in [1.29, 1.82) is 0 Å². The number of carbonyl (C=O) groups excluding carboxylic acids is 1. The molecule has 2 aliphatic heterocycles. The number of benzene rings is 1. The van der Waals surface area contributed by atoms with E-state index >= 15 is 0 Å². The lowest BCUT2D eigenvalue weighted by Gasteiger charge is -2.36. The monoisotopic (exact) mass is 342 g/mol. The summed E-state index contributed by atoms with van der Waals surface area (Å²) in [7, 11) is 0. The van der Waals surface area contributed by atoms with Crippen molar-refractivity contribution in [1.82, 2.24) is 5.32 Å². The quantitative estimate of drug-likeness (QED) is 0.809. The number of aryl methyl sites for hydroxylation is 1. The zero-order chi connectivity index (χ0) is 17.7. The third kappa shape index (κ3) is 4.10. The van der Waals surface area contributed by atoms with Gasteiger partial charge in [0, 0.05) is 32.6 Å². The van der Waals surface area contributed by atoms with Crippen LogP contribution in [0.3, 0.4) is 0 Å². The van der Waals surface area contributed by atoms with E-state index in [1.54, 1.807) is 6.08 Å². The van der Waals surface area contributed by atoms with E-state index in [1.807, 2.05) is 0 Å². The predicted molar refractivity (Wildman–Crippen MR) is 97.5 cm³/mol. The molecule has 0 saturated carbocycles. The number of carbonyl (C=O) groups is 1. The van der Waals surface area contributed by atoms with E-state index in [4.69, 9.17) is 9.57 Å². The lowest BCUT2D eigenvalue weighted by molar-refractivity contribution is -0.139. The molecular weight excluding hydrogens is 316 g/mol. The van der Waals surface area contributed by atoms with Crippen molar-refractivity contribution in [3.63, 3.8) is 0 Å². The summed E-state index contributed by atoms with van der Waals surface area (Å²) in [6, 6.07) is 8.30. The molecule has 1 saturated heterocycles. The van der Waals surface area contributed by atoms with Crippen LogP contribution in [-0.2, 0) is 14.4 Å². The first kappa shape index (κ1) is 17.7. The molecule has 0 radical (unpaired) electrons. The normalized spacial score (nSPS) is 22.0. The predicted octanol–water partition coefficient (Wildman–Crippen LogP) is 2.98. The molecule has 25 heavy (non-hydrogen) atoms. The van der Waals surface area contributed by atoms with Gasteiger partial charge in [-0.05, 0) is 25.3 Å². The minimum atomic E-state index is -0.440. The Balaban J connectivity index is 1.66. The van der Waals surface area contributed by atoms with Crippen molar-refractivity contribution in [2.24, 2.45) is 10.6 Å². The highest BCUT2D eigenvalue weighted by Crippen LogP contribution is 2.38. The highest BCUT2D eigenvalue weighted by molar-refractivity contribution is 6.01. The van der Waals surface area contributed by atoms with Gasteiger partial charge in [-0.2, -0.15) is 0 Å². The largest absolute Gasteiger partial charge is 0.392 e. The van der Waals surface area contributed by atoms with E-state index in [1.165, 1.54) is 5.56 Å². The summed E-state index contributed by atoms with van der Waals surface area (Å²) in [4.78, 5) is 18.4. The second-order valence-corrected chi connectivity index (χ2v) is 6.93. The van der Waals surface area contributed by atoms with Gasteiger partial charge in [-0.3, -0.25) is 4.79 Å². The highest BCUT2D eigenvalue weighted by Gasteiger charge is 2.43. The maximum Gasteiger partial charge on any atom is 0.226 e. The Bertz CT molecular complexity index is 645. The number of hydrogen-bond donors (Lipinski definition) is 1. The average Bonchev–Trinajstić information content (AvgIpc) is 3.09. The Hall–Kier alpha value is -2.14. The van der Waals surface area contributed by atoms with Gasteiger partial charge in [0.2, 0.25) is 5.91 Å². The summed E-state index contributed by atoms with van der Waals surface area (Å²) in [6.45, 7) is 7.44. The molecule has 1 aromatic rings. The number of nitrogens with zero attached hydrogens (tertiary/aromatic N) is 1. The van der Waals surface area contributed by atoms with Crippen LogP contribution in [0.25, 0.3) is 0 Å². The zero-order valence-electron chi connectivity index (χ0n) is 14.8. The van der Waals surface area contributed by atoms with Crippen LogP contribution in [0.5, 0.6) is 0 Å². The second-order valence-electron chi connectivity index (χ2n) is 6.93. The van der Waals surface area contributed by atoms with Crippen LogP contribution in [-0.4, -0.2) is 37.5 Å². The van der Waals surface area contributed by atoms with E-state index < -0.39 is 5.41 Å². The molecule has 2 aliphatic rings. The molecule has 0 spiro atoms. The van der Waals surface area contributed by atoms with Gasteiger partial charge < -0.3 is 14.9 Å². The number of ether oxygens (including phenoxy) is 1. The van der Waals surface area contributed by atoms with E-state index in [-0.39, 0.29) is 12.0 Å². The van der Waals surface area contributed by atoms with Crippen molar-refractivity contribution in [2.45, 2.75) is 38.7 Å². The van der Waals surface area contributed by atoms with Gasteiger partial charge in [-0.15, -0.1) is 6.58 Å². The zero-order valence-corrected chi connectivity index (χ0v) is 14.8. The smallest absolute Gasteiger partial charge is 0.226 e. The summed E-state index contributed by atoms with van der Waals surface area (Å²) in [5.41, 5.74) is 2.83. The molecule has 5 heteroatoms. The van der Waals surface area contributed by atoms with Gasteiger partial charge in [0.15, 0.2) is 0 Å². The van der Waals surface area contributed by atoms with Crippen LogP contribution in [0.2, 0.25) is 0 Å². The molecule has 1 N–H and O–H groups in total. The lowest BCUT2D eigenvalue weighted by Crippen LogP contribution is -2.46. The minimum absolute atomic E-state index is 0.0658. The molecule has 1 fully saturated rings. The maximum atomic E-state index is 12.7. The first-order valence-electron chi connectivity index (χ1n) is 8.90. The molecular formula is C20H26N2O3. The maximum absolute atomic E-state index is 12.7. The highest BCUT2D eigenvalue weighted by atomic mass is 16.6. The fourth-order valence-electron chi connectivity index (χ4n) is 3.53. The van der Waals surface area contributed by atoms with Crippen LogP contribution in [0, 0.1) is 12.3 Å². The van der Waals surface area contributed by atoms with E-state index in [9.17, 15) is 4.79 Å². The Morgan fingerprint density at radius 1 is 1.36 bits per heavy atom. The van der Waals surface area contributed by atoms with Gasteiger partial charge in [0.05, 0.1) is 11.1 Å². The fourth-order valence-corrected chi connectivity index (χ4v) is 3.53. The number of hydrogen-bond acceptors (Lipinski definition) is 4. The molecule has 1 amide bonds. The Morgan fingerprint density at radius 3 is 2.76 bits per heavy atom. The number of rotatable bonds is 6. The third-order valence-electron chi connectivity index (χ3n) is 5.07. The standard InChI is InChI=1S/C20H26N2O3/c1-3-10-21-19(23)20(8-11-24-12-9-20)14-17-13-18(22-25-17)16-6-4-15(2)5-7-16/h3-7,17H,1,8-14H2,2H3,(H,21,23)/t17-/m0/s1. The molecule has 2 heterocycles. The summed E-state index contributed by atoms with van der Waals surface area (Å²) in [6.07, 6.45) is 4.48. The number of oxime groups is 1. The van der Waals surface area contributed by atoms with Gasteiger partial charge >= 0.3 is 0 Å². The van der Waals surface area contributed by atoms with Gasteiger partial charge in [0.25, 0.3) is 0 Å².